The molecule has 1 fully saturated rings. The molecule has 9 heteroatoms. The van der Waals surface area contributed by atoms with Crippen LogP contribution in [0, 0.1) is 5.92 Å². The number of anilines is 1. The average molecular weight is 422 g/mol. The van der Waals surface area contributed by atoms with E-state index in [0.29, 0.717) is 12.3 Å². The van der Waals surface area contributed by atoms with E-state index in [1.807, 2.05) is 0 Å². The zero-order valence-corrected chi connectivity index (χ0v) is 16.9. The van der Waals surface area contributed by atoms with Crippen molar-refractivity contribution in [1.29, 1.82) is 0 Å². The van der Waals surface area contributed by atoms with Gasteiger partial charge in [-0.15, -0.1) is 11.3 Å². The molecule has 1 aliphatic rings. The van der Waals surface area contributed by atoms with Gasteiger partial charge in [0.1, 0.15) is 4.21 Å². The number of hydrazine groups is 1. The minimum atomic E-state index is -3.78. The number of carbonyl (C=O) groups is 2. The molecule has 0 atom stereocenters. The van der Waals surface area contributed by atoms with E-state index in [1.54, 1.807) is 23.6 Å². The maximum Gasteiger partial charge on any atom is 0.271 e. The molecule has 150 valence electrons. The van der Waals surface area contributed by atoms with E-state index in [2.05, 4.69) is 15.6 Å². The Bertz CT molecular complexity index is 920. The minimum Gasteiger partial charge on any atom is -0.278 e. The first-order valence-corrected chi connectivity index (χ1v) is 11.6. The van der Waals surface area contributed by atoms with Crippen LogP contribution < -0.4 is 15.6 Å². The quantitative estimate of drug-likeness (QED) is 0.623. The molecule has 2 amide bonds. The van der Waals surface area contributed by atoms with E-state index in [9.17, 15) is 18.0 Å². The fourth-order valence-electron chi connectivity index (χ4n) is 3.28. The molecular formula is C19H23N3O4S2. The van der Waals surface area contributed by atoms with Gasteiger partial charge in [-0.3, -0.25) is 25.2 Å². The second kappa shape index (κ2) is 9.20. The predicted octanol–water partition coefficient (Wildman–Crippen LogP) is 3.28. The summed E-state index contributed by atoms with van der Waals surface area (Å²) in [6, 6.07) is 9.38. The van der Waals surface area contributed by atoms with Gasteiger partial charge in [0.15, 0.2) is 0 Å². The third kappa shape index (κ3) is 5.32. The Kier molecular flexibility index (Phi) is 6.69. The number of carbonyl (C=O) groups excluding carboxylic acids is 2. The average Bonchev–Trinajstić information content (AvgIpc) is 3.23. The number of benzene rings is 1. The van der Waals surface area contributed by atoms with Crippen molar-refractivity contribution in [2.45, 2.75) is 42.7 Å². The molecule has 0 unspecified atom stereocenters. The number of para-hydroxylation sites is 1. The van der Waals surface area contributed by atoms with Gasteiger partial charge in [-0.1, -0.05) is 37.5 Å². The molecule has 1 saturated carbocycles. The smallest absolute Gasteiger partial charge is 0.271 e. The third-order valence-corrected chi connectivity index (χ3v) is 7.45. The highest BCUT2D eigenvalue weighted by Gasteiger charge is 2.20. The Balaban J connectivity index is 1.62. The number of rotatable bonds is 6. The van der Waals surface area contributed by atoms with Crippen LogP contribution in [0.15, 0.2) is 46.0 Å². The van der Waals surface area contributed by atoms with E-state index >= 15 is 0 Å². The summed E-state index contributed by atoms with van der Waals surface area (Å²) in [5, 5.41) is 1.66. The Hall–Kier alpha value is -2.39. The Morgan fingerprint density at radius 3 is 2.46 bits per heavy atom. The third-order valence-electron chi connectivity index (χ3n) is 4.69. The lowest BCUT2D eigenvalue weighted by Gasteiger charge is -2.21. The van der Waals surface area contributed by atoms with Gasteiger partial charge < -0.3 is 0 Å². The SMILES string of the molecule is O=C(CC1CCCCC1)NNC(=O)c1ccccc1NS(=O)(=O)c1cccs1. The van der Waals surface area contributed by atoms with Crippen molar-refractivity contribution in [2.24, 2.45) is 5.92 Å². The molecule has 0 aliphatic heterocycles. The molecule has 1 aromatic carbocycles. The molecule has 28 heavy (non-hydrogen) atoms. The minimum absolute atomic E-state index is 0.126. The Labute approximate surface area is 168 Å². The number of hydrogen-bond donors (Lipinski definition) is 3. The van der Waals surface area contributed by atoms with Crippen molar-refractivity contribution in [1.82, 2.24) is 10.9 Å². The first kappa shape index (κ1) is 20.3. The normalized spacial score (nSPS) is 15.0. The molecule has 0 saturated heterocycles. The number of sulfonamides is 1. The summed E-state index contributed by atoms with van der Waals surface area (Å²) in [6.45, 7) is 0. The Morgan fingerprint density at radius 1 is 1.00 bits per heavy atom. The first-order valence-electron chi connectivity index (χ1n) is 9.20. The first-order chi connectivity index (χ1) is 13.5. The second-order valence-electron chi connectivity index (χ2n) is 6.79. The number of nitrogens with one attached hydrogen (secondary N) is 3. The van der Waals surface area contributed by atoms with Crippen molar-refractivity contribution >= 4 is 38.9 Å². The fraction of sp³-hybridized carbons (Fsp3) is 0.368. The van der Waals surface area contributed by atoms with Crippen molar-refractivity contribution < 1.29 is 18.0 Å². The van der Waals surface area contributed by atoms with Crippen LogP contribution in [0.1, 0.15) is 48.9 Å². The maximum atomic E-state index is 12.5. The van der Waals surface area contributed by atoms with Gasteiger partial charge in [-0.05, 0) is 42.3 Å². The second-order valence-corrected chi connectivity index (χ2v) is 9.65. The summed E-state index contributed by atoms with van der Waals surface area (Å²) in [5.74, 6) is -0.464. The molecule has 0 bridgehead atoms. The highest BCUT2D eigenvalue weighted by molar-refractivity contribution is 7.94. The molecule has 2 aromatic rings. The van der Waals surface area contributed by atoms with Crippen LogP contribution in [0.25, 0.3) is 0 Å². The predicted molar refractivity (Wildman–Crippen MR) is 108 cm³/mol. The van der Waals surface area contributed by atoms with Crippen LogP contribution in [-0.2, 0) is 14.8 Å². The van der Waals surface area contributed by atoms with Crippen molar-refractivity contribution in [3.63, 3.8) is 0 Å². The summed E-state index contributed by atoms with van der Waals surface area (Å²) in [7, 11) is -3.78. The van der Waals surface area contributed by atoms with Gasteiger partial charge >= 0.3 is 0 Å². The monoisotopic (exact) mass is 421 g/mol. The maximum absolute atomic E-state index is 12.5. The molecule has 0 radical (unpaired) electrons. The zero-order valence-electron chi connectivity index (χ0n) is 15.3. The summed E-state index contributed by atoms with van der Waals surface area (Å²) in [6.07, 6.45) is 5.95. The van der Waals surface area contributed by atoms with E-state index in [1.165, 1.54) is 24.6 Å². The summed E-state index contributed by atoms with van der Waals surface area (Å²) in [5.41, 5.74) is 5.08. The lowest BCUT2D eigenvalue weighted by molar-refractivity contribution is -0.123. The molecule has 3 N–H and O–H groups in total. The van der Waals surface area contributed by atoms with E-state index < -0.39 is 15.9 Å². The molecule has 1 heterocycles. The molecule has 1 aliphatic carbocycles. The topological polar surface area (TPSA) is 104 Å². The number of hydrogen-bond acceptors (Lipinski definition) is 5. The van der Waals surface area contributed by atoms with E-state index in [0.717, 1.165) is 37.0 Å². The summed E-state index contributed by atoms with van der Waals surface area (Å²) < 4.78 is 27.4. The number of amides is 2. The van der Waals surface area contributed by atoms with Crippen LogP contribution in [0.3, 0.4) is 0 Å². The fourth-order valence-corrected chi connectivity index (χ4v) is 5.35. The van der Waals surface area contributed by atoms with Gasteiger partial charge in [0, 0.05) is 6.42 Å². The molecule has 3 rings (SSSR count). The molecule has 0 spiro atoms. The largest absolute Gasteiger partial charge is 0.278 e. The van der Waals surface area contributed by atoms with Gasteiger partial charge in [0.05, 0.1) is 11.3 Å². The lowest BCUT2D eigenvalue weighted by atomic mass is 9.87. The Morgan fingerprint density at radius 2 is 1.75 bits per heavy atom. The lowest BCUT2D eigenvalue weighted by Crippen LogP contribution is -2.42. The standard InChI is InChI=1S/C19H23N3O4S2/c23-17(13-14-7-2-1-3-8-14)20-21-19(24)15-9-4-5-10-16(15)22-28(25,26)18-11-6-12-27-18/h4-6,9-12,14,22H,1-3,7-8,13H2,(H,20,23)(H,21,24). The van der Waals surface area contributed by atoms with Crippen molar-refractivity contribution in [3.8, 4) is 0 Å². The highest BCUT2D eigenvalue weighted by atomic mass is 32.2. The van der Waals surface area contributed by atoms with Crippen molar-refractivity contribution in [3.05, 3.63) is 47.3 Å². The van der Waals surface area contributed by atoms with Gasteiger partial charge in [0.25, 0.3) is 15.9 Å². The summed E-state index contributed by atoms with van der Waals surface area (Å²) >= 11 is 1.09. The zero-order chi connectivity index (χ0) is 20.0. The summed E-state index contributed by atoms with van der Waals surface area (Å²) in [4.78, 5) is 24.6. The van der Waals surface area contributed by atoms with Gasteiger partial charge in [-0.25, -0.2) is 8.42 Å². The van der Waals surface area contributed by atoms with Crippen LogP contribution in [0.4, 0.5) is 5.69 Å². The van der Waals surface area contributed by atoms with Crippen LogP contribution in [-0.4, -0.2) is 20.2 Å². The van der Waals surface area contributed by atoms with Crippen LogP contribution >= 0.6 is 11.3 Å². The van der Waals surface area contributed by atoms with E-state index in [4.69, 9.17) is 0 Å². The molecule has 1 aromatic heterocycles. The van der Waals surface area contributed by atoms with E-state index in [-0.39, 0.29) is 21.4 Å². The highest BCUT2D eigenvalue weighted by Crippen LogP contribution is 2.26. The van der Waals surface area contributed by atoms with Gasteiger partial charge in [-0.2, -0.15) is 0 Å². The van der Waals surface area contributed by atoms with Gasteiger partial charge in [0.2, 0.25) is 5.91 Å². The number of thiophene rings is 1. The van der Waals surface area contributed by atoms with Crippen molar-refractivity contribution in [2.75, 3.05) is 4.72 Å². The molecular weight excluding hydrogens is 398 g/mol. The van der Waals surface area contributed by atoms with Crippen LogP contribution in [0.2, 0.25) is 0 Å². The molecule has 7 nitrogen and oxygen atoms in total. The van der Waals surface area contributed by atoms with Crippen LogP contribution in [0.5, 0.6) is 0 Å².